The standard InChI is InChI=1S/C61H95N5O10/c1-13-46(37-48(67)15-3)38-51-59(72)66-35-23-27-50(65-66)60(73)76-53(28-22-17-16-19-26-43(9)55-49(31-30-45(11)75-55)57(70)63-54(39(4)5)58(71)62-51)42(8)25-21-18-20-24-41(7)52(68)32-29-40(6)36-44(10)61(74-12)34-33-47(14-2)56(69)64-61/h13,15-19,21-22,25,36-37,39-41,43,45,47,49-55,65,67-68H,1,14,20,23-24,26-35,38H2,2-12H3,(H,62,71)(H,63,70)(H,64,69)/b19-16+,21-18+,22-17+,42-25+,44-36-,46-37+,48-15+/t40?,41?,43?,45?,47?,49?,50?,51?,52?,53-,54?,55?,61+/m0/s1. The third-order valence-electron chi connectivity index (χ3n) is 15.9. The molecule has 0 aromatic rings. The molecule has 0 aromatic heterocycles. The van der Waals surface area contributed by atoms with Gasteiger partial charge in [0.2, 0.25) is 17.7 Å². The molecule has 3 fully saturated rings. The number of carbonyl (C=O) groups excluding carboxylic acids is 5. The summed E-state index contributed by atoms with van der Waals surface area (Å²) in [5.74, 6) is -2.40. The number of methoxy groups -OCH3 is 1. The Kier molecular flexibility index (Phi) is 26.2. The molecular formula is C61H95N5O10. The van der Waals surface area contributed by atoms with Gasteiger partial charge < -0.3 is 40.4 Å². The fraction of sp³-hybridized carbons (Fsp3) is 0.656. The number of hydrogen-bond acceptors (Lipinski definition) is 11. The molecule has 0 aliphatic carbocycles. The average molecular weight is 1060 g/mol. The Bertz CT molecular complexity index is 2180. The van der Waals surface area contributed by atoms with Crippen LogP contribution < -0.4 is 21.4 Å². The Morgan fingerprint density at radius 2 is 1.68 bits per heavy atom. The minimum Gasteiger partial charge on any atom is -0.508 e. The van der Waals surface area contributed by atoms with Crippen LogP contribution in [0, 0.1) is 35.5 Å². The predicted molar refractivity (Wildman–Crippen MR) is 300 cm³/mol. The highest BCUT2D eigenvalue weighted by Crippen LogP contribution is 2.34. The highest BCUT2D eigenvalue weighted by molar-refractivity contribution is 5.93. The van der Waals surface area contributed by atoms with Gasteiger partial charge in [0.25, 0.3) is 5.91 Å². The van der Waals surface area contributed by atoms with E-state index < -0.39 is 59.8 Å². The average Bonchev–Trinajstić information content (AvgIpc) is 3.40. The minimum absolute atomic E-state index is 0.0153. The summed E-state index contributed by atoms with van der Waals surface area (Å²) < 4.78 is 18.6. The summed E-state index contributed by atoms with van der Waals surface area (Å²) in [7, 11) is 1.64. The van der Waals surface area contributed by atoms with E-state index in [9.17, 15) is 34.2 Å². The van der Waals surface area contributed by atoms with Crippen molar-refractivity contribution in [2.45, 2.75) is 207 Å². The summed E-state index contributed by atoms with van der Waals surface area (Å²) in [6.45, 7) is 23.8. The Morgan fingerprint density at radius 1 is 0.961 bits per heavy atom. The smallest absolute Gasteiger partial charge is 0.325 e. The molecule has 13 atom stereocenters. The molecule has 15 nitrogen and oxygen atoms in total. The Labute approximate surface area is 455 Å². The quantitative estimate of drug-likeness (QED) is 0.0330. The predicted octanol–water partition coefficient (Wildman–Crippen LogP) is 9.63. The van der Waals surface area contributed by atoms with Crippen LogP contribution in [0.4, 0.5) is 0 Å². The largest absolute Gasteiger partial charge is 0.508 e. The Balaban J connectivity index is 1.51. The van der Waals surface area contributed by atoms with Crippen LogP contribution in [-0.4, -0.2) is 107 Å². The monoisotopic (exact) mass is 1060 g/mol. The highest BCUT2D eigenvalue weighted by atomic mass is 16.5. The lowest BCUT2D eigenvalue weighted by atomic mass is 9.82. The first-order valence-electron chi connectivity index (χ1n) is 28.3. The number of nitrogens with zero attached hydrogens (tertiary/aromatic N) is 1. The number of nitrogens with one attached hydrogen (secondary N) is 4. The van der Waals surface area contributed by atoms with Crippen molar-refractivity contribution in [3.63, 3.8) is 0 Å². The molecule has 4 rings (SSSR count). The van der Waals surface area contributed by atoms with Gasteiger partial charge in [-0.1, -0.05) is 103 Å². The fourth-order valence-corrected chi connectivity index (χ4v) is 10.6. The number of aliphatic hydroxyl groups excluding tert-OH is 2. The van der Waals surface area contributed by atoms with Crippen molar-refractivity contribution in [2.75, 3.05) is 13.7 Å². The second-order valence-electron chi connectivity index (χ2n) is 22.3. The zero-order chi connectivity index (χ0) is 56.1. The van der Waals surface area contributed by atoms with Crippen molar-refractivity contribution in [3.8, 4) is 0 Å². The van der Waals surface area contributed by atoms with Gasteiger partial charge >= 0.3 is 5.97 Å². The third-order valence-corrected chi connectivity index (χ3v) is 15.9. The first-order chi connectivity index (χ1) is 36.2. The fourth-order valence-electron chi connectivity index (χ4n) is 10.6. The lowest BCUT2D eigenvalue weighted by Gasteiger charge is -2.40. The molecule has 4 aliphatic heterocycles. The molecule has 0 aromatic carbocycles. The topological polar surface area (TPSA) is 205 Å². The van der Waals surface area contributed by atoms with Crippen molar-refractivity contribution in [2.24, 2.45) is 35.5 Å². The van der Waals surface area contributed by atoms with Crippen molar-refractivity contribution >= 4 is 29.6 Å². The van der Waals surface area contributed by atoms with Crippen molar-refractivity contribution in [3.05, 3.63) is 95.9 Å². The number of esters is 1. The lowest BCUT2D eigenvalue weighted by molar-refractivity contribution is -0.156. The van der Waals surface area contributed by atoms with E-state index in [2.05, 4.69) is 67.0 Å². The van der Waals surface area contributed by atoms with E-state index in [4.69, 9.17) is 14.2 Å². The van der Waals surface area contributed by atoms with Crippen LogP contribution in [0.2, 0.25) is 0 Å². The molecule has 11 unspecified atom stereocenters. The van der Waals surface area contributed by atoms with E-state index in [0.29, 0.717) is 50.5 Å². The van der Waals surface area contributed by atoms with Gasteiger partial charge in [-0.2, -0.15) is 0 Å². The maximum absolute atomic E-state index is 14.6. The van der Waals surface area contributed by atoms with E-state index >= 15 is 0 Å². The molecule has 0 spiro atoms. The van der Waals surface area contributed by atoms with Gasteiger partial charge in [0.1, 0.15) is 30.0 Å². The van der Waals surface area contributed by atoms with Crippen LogP contribution in [0.3, 0.4) is 0 Å². The SMILES string of the molecule is C=C/C(=C\C(O)=C/C)CC1NC(=O)C(C(C)C)NC(=O)C2CCC(C)OC2C(C)C/C=C/C=C/C[C@@H](/C(C)=C/C=C/CCC(C)C(O)CCC(C)/C=C(/C)[C@]2(OC)CCC(CC)C(=O)N2)OC(=O)C2CCCN(N2)C1=O. The van der Waals surface area contributed by atoms with Gasteiger partial charge in [-0.25, -0.2) is 5.43 Å². The number of piperidine rings is 1. The van der Waals surface area contributed by atoms with Crippen LogP contribution in [0.1, 0.15) is 159 Å². The Morgan fingerprint density at radius 3 is 2.34 bits per heavy atom. The second kappa shape index (κ2) is 31.3. The van der Waals surface area contributed by atoms with E-state index in [1.165, 1.54) is 23.2 Å². The lowest BCUT2D eigenvalue weighted by Crippen LogP contribution is -2.62. The molecule has 424 valence electrons. The molecular weight excluding hydrogens is 963 g/mol. The minimum atomic E-state index is -1.16. The molecule has 0 saturated carbocycles. The molecule has 4 amide bonds. The number of amides is 4. The van der Waals surface area contributed by atoms with Gasteiger partial charge in [-0.3, -0.25) is 29.0 Å². The summed E-state index contributed by atoms with van der Waals surface area (Å²) in [6, 6.07) is -2.98. The number of ether oxygens (including phenoxy) is 3. The zero-order valence-electron chi connectivity index (χ0n) is 47.8. The number of rotatable bonds is 18. The summed E-state index contributed by atoms with van der Waals surface area (Å²) in [5, 5.41) is 32.0. The number of carbonyl (C=O) groups is 5. The summed E-state index contributed by atoms with van der Waals surface area (Å²) in [5.41, 5.74) is 4.63. The number of fused-ring (bicyclic) bond motifs is 3. The van der Waals surface area contributed by atoms with Gasteiger partial charge in [-0.05, 0) is 151 Å². The van der Waals surface area contributed by atoms with Gasteiger partial charge in [0.05, 0.1) is 24.2 Å². The number of allylic oxidation sites excluding steroid dienone is 10. The van der Waals surface area contributed by atoms with Gasteiger partial charge in [0.15, 0.2) is 5.72 Å². The van der Waals surface area contributed by atoms with Crippen LogP contribution in [0.25, 0.3) is 0 Å². The first-order valence-corrected chi connectivity index (χ1v) is 28.3. The number of hydrogen-bond donors (Lipinski definition) is 6. The van der Waals surface area contributed by atoms with Crippen LogP contribution in [0.15, 0.2) is 95.9 Å². The molecule has 6 N–H and O–H groups in total. The van der Waals surface area contributed by atoms with E-state index in [-0.39, 0.29) is 72.3 Å². The molecule has 3 saturated heterocycles. The summed E-state index contributed by atoms with van der Waals surface area (Å²) in [6.07, 6.45) is 27.5. The molecule has 4 heterocycles. The summed E-state index contributed by atoms with van der Waals surface area (Å²) >= 11 is 0. The second-order valence-corrected chi connectivity index (χ2v) is 22.3. The zero-order valence-corrected chi connectivity index (χ0v) is 47.8. The molecule has 0 radical (unpaired) electrons. The van der Waals surface area contributed by atoms with Gasteiger partial charge in [-0.15, -0.1) is 0 Å². The number of aliphatic hydroxyl groups is 2. The van der Waals surface area contributed by atoms with Crippen LogP contribution in [-0.2, 0) is 38.2 Å². The first kappa shape index (κ1) is 63.4. The molecule has 76 heavy (non-hydrogen) atoms. The third kappa shape index (κ3) is 18.8. The van der Waals surface area contributed by atoms with Crippen LogP contribution >= 0.6 is 0 Å². The maximum atomic E-state index is 14.6. The van der Waals surface area contributed by atoms with Crippen molar-refractivity contribution in [1.29, 1.82) is 0 Å². The summed E-state index contributed by atoms with van der Waals surface area (Å²) in [4.78, 5) is 69.8. The van der Waals surface area contributed by atoms with Crippen LogP contribution in [0.5, 0.6) is 0 Å². The van der Waals surface area contributed by atoms with Crippen molar-refractivity contribution < 1.29 is 48.4 Å². The molecule has 2 bridgehead atoms. The van der Waals surface area contributed by atoms with Crippen molar-refractivity contribution in [1.82, 2.24) is 26.4 Å². The Hall–Kier alpha value is -5.09. The van der Waals surface area contributed by atoms with Gasteiger partial charge in [0, 0.05) is 38.8 Å². The highest BCUT2D eigenvalue weighted by Gasteiger charge is 2.42. The van der Waals surface area contributed by atoms with E-state index in [1.54, 1.807) is 14.0 Å². The number of cyclic esters (lactones) is 1. The number of hydrazine groups is 1. The van der Waals surface area contributed by atoms with E-state index in [0.717, 1.165) is 49.7 Å². The maximum Gasteiger partial charge on any atom is 0.325 e. The normalized spacial score (nSPS) is 31.7. The molecule has 15 heteroatoms. The molecule has 4 aliphatic rings. The van der Waals surface area contributed by atoms with E-state index in [1.807, 2.05) is 71.9 Å².